The topological polar surface area (TPSA) is 165 Å². The number of nitrogens with zero attached hydrogens (tertiary/aromatic N) is 1. The molecule has 2 aromatic rings. The fraction of sp³-hybridized carbons (Fsp3) is 0.452. The summed E-state index contributed by atoms with van der Waals surface area (Å²) in [5.41, 5.74) is -2.36. The quantitative estimate of drug-likeness (QED) is 0.0863. The molecule has 6 atom stereocenters. The standard InChI is InChI=1S/C42H47Cl2FN4O8/c1-24(47-39(53)57-41(5,6)7)37(51)55-18-19-56-38(52)26-13-17-31(32(20-26)54-8)48-36(50)35-34(25-10-9-11-27(43)14-12-25)42(23-46,33(49-35)22-40(2,3)4)29-16-15-28(44)21-30(29)45/h9-11,13,15-17,20-21,24-25,33-35,49H,18-19,22H2,1-8H3,(H,47,53)(H,48,50)/t24?,25?,33?,34?,35-,42+/m1/s1. The van der Waals surface area contributed by atoms with E-state index >= 15 is 4.39 Å². The third-order valence-electron chi connectivity index (χ3n) is 9.12. The maximum Gasteiger partial charge on any atom is 0.408 e. The third-order valence-corrected chi connectivity index (χ3v) is 9.58. The van der Waals surface area contributed by atoms with Gasteiger partial charge in [0.25, 0.3) is 0 Å². The van der Waals surface area contributed by atoms with Crippen LogP contribution in [0.3, 0.4) is 0 Å². The maximum absolute atomic E-state index is 16.0. The van der Waals surface area contributed by atoms with Crippen LogP contribution in [0, 0.1) is 46.2 Å². The van der Waals surface area contributed by atoms with Crippen LogP contribution in [0.15, 0.2) is 59.7 Å². The third kappa shape index (κ3) is 11.3. The highest BCUT2D eigenvalue weighted by molar-refractivity contribution is 6.32. The Kier molecular flexibility index (Phi) is 14.5. The lowest BCUT2D eigenvalue weighted by molar-refractivity contribution is -0.146. The molecule has 4 rings (SSSR count). The van der Waals surface area contributed by atoms with Crippen molar-refractivity contribution in [3.63, 3.8) is 0 Å². The molecule has 0 radical (unpaired) electrons. The van der Waals surface area contributed by atoms with E-state index in [1.54, 1.807) is 39.0 Å². The summed E-state index contributed by atoms with van der Waals surface area (Å²) >= 11 is 12.4. The summed E-state index contributed by atoms with van der Waals surface area (Å²) in [5.74, 6) is 1.66. The number of halogens is 3. The van der Waals surface area contributed by atoms with E-state index in [0.717, 1.165) is 6.07 Å². The highest BCUT2D eigenvalue weighted by Crippen LogP contribution is 2.51. The van der Waals surface area contributed by atoms with Gasteiger partial charge in [-0.1, -0.05) is 74.0 Å². The van der Waals surface area contributed by atoms with Crippen molar-refractivity contribution >= 4 is 52.8 Å². The van der Waals surface area contributed by atoms with Crippen LogP contribution in [0.4, 0.5) is 14.9 Å². The molecule has 0 aromatic heterocycles. The van der Waals surface area contributed by atoms with Gasteiger partial charge in [0.05, 0.1) is 35.5 Å². The fourth-order valence-electron chi connectivity index (χ4n) is 6.79. The Morgan fingerprint density at radius 3 is 2.39 bits per heavy atom. The summed E-state index contributed by atoms with van der Waals surface area (Å²) in [6.07, 6.45) is 4.63. The average molecular weight is 826 g/mol. The smallest absolute Gasteiger partial charge is 0.408 e. The first-order chi connectivity index (χ1) is 26.7. The zero-order valence-electron chi connectivity index (χ0n) is 33.1. The van der Waals surface area contributed by atoms with Gasteiger partial charge in [0.1, 0.15) is 41.8 Å². The van der Waals surface area contributed by atoms with Crippen LogP contribution in [-0.4, -0.2) is 68.0 Å². The van der Waals surface area contributed by atoms with E-state index in [9.17, 15) is 24.4 Å². The van der Waals surface area contributed by atoms with Gasteiger partial charge >= 0.3 is 18.0 Å². The van der Waals surface area contributed by atoms with Crippen LogP contribution in [0.25, 0.3) is 0 Å². The minimum Gasteiger partial charge on any atom is -0.495 e. The minimum absolute atomic E-state index is 0.0724. The zero-order valence-corrected chi connectivity index (χ0v) is 34.6. The molecule has 2 aromatic carbocycles. The monoisotopic (exact) mass is 824 g/mol. The Morgan fingerprint density at radius 2 is 1.75 bits per heavy atom. The van der Waals surface area contributed by atoms with Crippen LogP contribution in [0.5, 0.6) is 5.75 Å². The number of nitrogens with one attached hydrogen (secondary N) is 3. The van der Waals surface area contributed by atoms with Crippen LogP contribution in [0.1, 0.15) is 70.8 Å². The normalized spacial score (nSPS) is 22.0. The first-order valence-electron chi connectivity index (χ1n) is 18.2. The Hall–Kier alpha value is -5.08. The number of carbonyl (C=O) groups is 4. The first kappa shape index (κ1) is 44.6. The summed E-state index contributed by atoms with van der Waals surface area (Å²) in [7, 11) is 1.36. The summed E-state index contributed by atoms with van der Waals surface area (Å²) in [5, 5.41) is 20.2. The maximum atomic E-state index is 16.0. The van der Waals surface area contributed by atoms with Crippen LogP contribution in [-0.2, 0) is 29.2 Å². The minimum atomic E-state index is -1.61. The van der Waals surface area contributed by atoms with Crippen LogP contribution < -0.4 is 20.7 Å². The summed E-state index contributed by atoms with van der Waals surface area (Å²) < 4.78 is 37.0. The van der Waals surface area contributed by atoms with Crippen molar-refractivity contribution in [3.05, 3.63) is 81.6 Å². The van der Waals surface area contributed by atoms with Crippen molar-refractivity contribution in [2.24, 2.45) is 17.3 Å². The number of esters is 2. The predicted octanol–water partition coefficient (Wildman–Crippen LogP) is 7.21. The molecular weight excluding hydrogens is 778 g/mol. The van der Waals surface area contributed by atoms with Crippen molar-refractivity contribution in [3.8, 4) is 23.7 Å². The van der Waals surface area contributed by atoms with Crippen molar-refractivity contribution in [1.82, 2.24) is 10.6 Å². The first-order valence-corrected chi connectivity index (χ1v) is 18.9. The average Bonchev–Trinajstić information content (AvgIpc) is 3.26. The number of allylic oxidation sites excluding steroid dienone is 4. The molecule has 2 aliphatic rings. The number of carbonyl (C=O) groups excluding carboxylic acids is 4. The van der Waals surface area contributed by atoms with Crippen molar-refractivity contribution in [2.75, 3.05) is 25.6 Å². The molecule has 1 heterocycles. The Balaban J connectivity index is 1.56. The Labute approximate surface area is 342 Å². The van der Waals surface area contributed by atoms with Gasteiger partial charge in [-0.05, 0) is 75.9 Å². The van der Waals surface area contributed by atoms with Gasteiger partial charge < -0.3 is 34.9 Å². The van der Waals surface area contributed by atoms with E-state index < -0.39 is 70.7 Å². The number of methoxy groups -OCH3 is 1. The molecule has 1 saturated heterocycles. The number of ether oxygens (including phenoxy) is 4. The molecule has 4 unspecified atom stereocenters. The van der Waals surface area contributed by atoms with E-state index in [1.807, 2.05) is 20.8 Å². The van der Waals surface area contributed by atoms with Crippen LogP contribution >= 0.6 is 23.2 Å². The summed E-state index contributed by atoms with van der Waals surface area (Å²) in [6, 6.07) is 8.02. The van der Waals surface area contributed by atoms with Gasteiger partial charge in [-0.3, -0.25) is 4.79 Å². The number of alkyl carbamates (subject to hydrolysis) is 1. The molecule has 57 heavy (non-hydrogen) atoms. The largest absolute Gasteiger partial charge is 0.495 e. The number of rotatable bonds is 12. The molecule has 1 aliphatic carbocycles. The van der Waals surface area contributed by atoms with Gasteiger partial charge in [-0.2, -0.15) is 5.26 Å². The van der Waals surface area contributed by atoms with Crippen molar-refractivity contribution < 1.29 is 42.5 Å². The molecule has 304 valence electrons. The molecule has 12 nitrogen and oxygen atoms in total. The molecule has 1 fully saturated rings. The number of benzene rings is 2. The molecule has 2 amide bonds. The highest BCUT2D eigenvalue weighted by Gasteiger charge is 2.61. The van der Waals surface area contributed by atoms with Crippen molar-refractivity contribution in [1.29, 1.82) is 5.26 Å². The van der Waals surface area contributed by atoms with Gasteiger partial charge in [0, 0.05) is 28.5 Å². The lowest BCUT2D eigenvalue weighted by Gasteiger charge is -2.38. The Morgan fingerprint density at radius 1 is 1.05 bits per heavy atom. The van der Waals surface area contributed by atoms with Crippen LogP contribution in [0.2, 0.25) is 5.02 Å². The summed E-state index contributed by atoms with van der Waals surface area (Å²) in [6.45, 7) is 11.9. The van der Waals surface area contributed by atoms with E-state index in [2.05, 4.69) is 33.9 Å². The highest BCUT2D eigenvalue weighted by atomic mass is 35.5. The van der Waals surface area contributed by atoms with E-state index in [4.69, 9.17) is 42.1 Å². The number of hydrogen-bond donors (Lipinski definition) is 3. The van der Waals surface area contributed by atoms with E-state index in [-0.39, 0.29) is 51.2 Å². The van der Waals surface area contributed by atoms with Gasteiger partial charge in [0.15, 0.2) is 0 Å². The number of hydrogen-bond acceptors (Lipinski definition) is 10. The molecule has 0 saturated carbocycles. The number of amides is 2. The second-order valence-corrected chi connectivity index (χ2v) is 16.7. The lowest BCUT2D eigenvalue weighted by atomic mass is 9.61. The van der Waals surface area contributed by atoms with E-state index in [1.165, 1.54) is 44.4 Å². The van der Waals surface area contributed by atoms with Crippen molar-refractivity contribution in [2.45, 2.75) is 84.0 Å². The van der Waals surface area contributed by atoms with Gasteiger partial charge in [-0.25, -0.2) is 18.8 Å². The van der Waals surface area contributed by atoms with Gasteiger partial charge in [0.2, 0.25) is 5.91 Å². The van der Waals surface area contributed by atoms with E-state index in [0.29, 0.717) is 6.42 Å². The Bertz CT molecular complexity index is 2040. The number of nitriles is 1. The molecule has 0 bridgehead atoms. The fourth-order valence-corrected chi connectivity index (χ4v) is 7.07. The predicted molar refractivity (Wildman–Crippen MR) is 213 cm³/mol. The molecular formula is C42H47Cl2FN4O8. The summed E-state index contributed by atoms with van der Waals surface area (Å²) in [4.78, 5) is 51.6. The second-order valence-electron chi connectivity index (χ2n) is 15.9. The molecule has 1 aliphatic heterocycles. The van der Waals surface area contributed by atoms with Gasteiger partial charge in [-0.15, -0.1) is 0 Å². The molecule has 15 heteroatoms. The molecule has 0 spiro atoms. The SMILES string of the molecule is COc1cc(C(=O)OCCOC(=O)C(C)NC(=O)OC(C)(C)C)ccc1NC(=O)[C@@H]1NC(CC(C)(C)C)[C@](C#N)(c2ccc(Cl)cc2F)C1C1C#CC(Cl)=CC=C1. The number of anilines is 1. The zero-order chi connectivity index (χ0) is 42.3. The second kappa shape index (κ2) is 18.5. The lowest BCUT2D eigenvalue weighted by Crippen LogP contribution is -2.47. The molecule has 3 N–H and O–H groups in total.